The van der Waals surface area contributed by atoms with Crippen molar-refractivity contribution in [3.05, 3.63) is 52.0 Å². The molecule has 150 valence electrons. The molecule has 7 heteroatoms. The second-order valence-corrected chi connectivity index (χ2v) is 9.57. The van der Waals surface area contributed by atoms with Crippen molar-refractivity contribution < 1.29 is 14.3 Å². The number of amides is 1. The number of oxazole rings is 1. The maximum atomic E-state index is 12.9. The summed E-state index contributed by atoms with van der Waals surface area (Å²) < 4.78 is 5.87. The summed E-state index contributed by atoms with van der Waals surface area (Å²) in [5.74, 6) is 0.387. The third kappa shape index (κ3) is 3.41. The summed E-state index contributed by atoms with van der Waals surface area (Å²) in [5, 5.41) is 11.3. The molecule has 1 saturated carbocycles. The van der Waals surface area contributed by atoms with Crippen LogP contribution in [0.25, 0.3) is 22.6 Å². The smallest absolute Gasteiger partial charge is 0.254 e. The lowest BCUT2D eigenvalue weighted by molar-refractivity contribution is -0.0136. The summed E-state index contributed by atoms with van der Waals surface area (Å²) in [6, 6.07) is 10.4. The molecule has 1 N–H and O–H groups in total. The molecule has 1 unspecified atom stereocenters. The first-order valence-electron chi connectivity index (χ1n) is 9.61. The number of hydrogen-bond acceptors (Lipinski definition) is 4. The summed E-state index contributed by atoms with van der Waals surface area (Å²) in [6.45, 7) is 3.28. The highest BCUT2D eigenvalue weighted by Gasteiger charge is 2.53. The van der Waals surface area contributed by atoms with E-state index in [9.17, 15) is 9.90 Å². The second-order valence-electron chi connectivity index (χ2n) is 8.69. The van der Waals surface area contributed by atoms with E-state index in [1.807, 2.05) is 11.8 Å². The zero-order valence-electron chi connectivity index (χ0n) is 15.9. The molecule has 2 aliphatic rings. The highest BCUT2D eigenvalue weighted by atomic mass is 35.5. The molecule has 2 heterocycles. The topological polar surface area (TPSA) is 66.6 Å². The van der Waals surface area contributed by atoms with E-state index in [1.54, 1.807) is 36.4 Å². The Kier molecular flexibility index (Phi) is 4.21. The van der Waals surface area contributed by atoms with Gasteiger partial charge < -0.3 is 14.4 Å². The number of aliphatic hydroxyl groups is 1. The number of halogens is 2. The minimum absolute atomic E-state index is 0.0205. The van der Waals surface area contributed by atoms with E-state index < -0.39 is 5.60 Å². The van der Waals surface area contributed by atoms with Crippen LogP contribution < -0.4 is 0 Å². The molecule has 2 aromatic carbocycles. The SMILES string of the molecule is CC1(O)CCC2(CN(C(=O)c3ccc4nc(-c5cc(Cl)cc(Cl)c5)oc4c3)C2)C1. The van der Waals surface area contributed by atoms with Crippen LogP contribution in [0.3, 0.4) is 0 Å². The van der Waals surface area contributed by atoms with E-state index in [2.05, 4.69) is 4.98 Å². The Morgan fingerprint density at radius 2 is 1.86 bits per heavy atom. The van der Waals surface area contributed by atoms with Gasteiger partial charge in [-0.25, -0.2) is 4.98 Å². The number of nitrogens with zero attached hydrogens (tertiary/aromatic N) is 2. The van der Waals surface area contributed by atoms with Crippen LogP contribution in [-0.4, -0.2) is 39.6 Å². The Hall–Kier alpha value is -2.08. The molecular formula is C22H20Cl2N2O3. The fourth-order valence-corrected chi connectivity index (χ4v) is 5.26. The maximum absolute atomic E-state index is 12.9. The van der Waals surface area contributed by atoms with E-state index in [4.69, 9.17) is 27.6 Å². The molecule has 1 aromatic heterocycles. The van der Waals surface area contributed by atoms with Crippen molar-refractivity contribution in [3.8, 4) is 11.5 Å². The molecule has 5 nitrogen and oxygen atoms in total. The van der Waals surface area contributed by atoms with Crippen molar-refractivity contribution >= 4 is 40.2 Å². The Morgan fingerprint density at radius 3 is 2.52 bits per heavy atom. The van der Waals surface area contributed by atoms with Gasteiger partial charge in [-0.15, -0.1) is 0 Å². The molecule has 0 radical (unpaired) electrons. The first kappa shape index (κ1) is 18.9. The van der Waals surface area contributed by atoms with Gasteiger partial charge in [-0.1, -0.05) is 23.2 Å². The highest BCUT2D eigenvalue weighted by molar-refractivity contribution is 6.35. The average Bonchev–Trinajstić information content (AvgIpc) is 3.19. The second kappa shape index (κ2) is 6.46. The quantitative estimate of drug-likeness (QED) is 0.607. The Labute approximate surface area is 178 Å². The number of hydrogen-bond donors (Lipinski definition) is 1. The Balaban J connectivity index is 1.37. The lowest BCUT2D eigenvalue weighted by Gasteiger charge is -2.48. The van der Waals surface area contributed by atoms with Gasteiger partial charge in [0.05, 0.1) is 5.60 Å². The van der Waals surface area contributed by atoms with Gasteiger partial charge in [0.2, 0.25) is 5.89 Å². The number of benzene rings is 2. The van der Waals surface area contributed by atoms with Crippen molar-refractivity contribution in [2.45, 2.75) is 31.8 Å². The van der Waals surface area contributed by atoms with Crippen molar-refractivity contribution in [1.82, 2.24) is 9.88 Å². The van der Waals surface area contributed by atoms with Crippen LogP contribution in [0.4, 0.5) is 0 Å². The first-order valence-corrected chi connectivity index (χ1v) is 10.4. The molecule has 1 aliphatic carbocycles. The fourth-order valence-electron chi connectivity index (χ4n) is 4.74. The molecule has 5 rings (SSSR count). The highest BCUT2D eigenvalue weighted by Crippen LogP contribution is 2.50. The zero-order chi connectivity index (χ0) is 20.4. The number of carbonyl (C=O) groups is 1. The fraction of sp³-hybridized carbons (Fsp3) is 0.364. The standard InChI is InChI=1S/C22H20Cl2N2O3/c1-21(28)4-5-22(10-21)11-26(12-22)20(27)13-2-3-17-18(8-13)29-19(25-17)14-6-15(23)9-16(24)7-14/h2-3,6-9,28H,4-5,10-12H2,1H3. The van der Waals surface area contributed by atoms with Crippen LogP contribution in [0.2, 0.25) is 10.0 Å². The molecule has 1 saturated heterocycles. The maximum Gasteiger partial charge on any atom is 0.254 e. The van der Waals surface area contributed by atoms with Gasteiger partial charge in [-0.2, -0.15) is 0 Å². The normalized spacial score (nSPS) is 23.0. The Bertz CT molecular complexity index is 1110. The minimum atomic E-state index is -0.604. The molecular weight excluding hydrogens is 411 g/mol. The van der Waals surface area contributed by atoms with Crippen molar-refractivity contribution in [3.63, 3.8) is 0 Å². The zero-order valence-corrected chi connectivity index (χ0v) is 17.4. The largest absolute Gasteiger partial charge is 0.436 e. The third-order valence-corrected chi connectivity index (χ3v) is 6.47. The molecule has 1 spiro atoms. The summed E-state index contributed by atoms with van der Waals surface area (Å²) >= 11 is 12.1. The minimum Gasteiger partial charge on any atom is -0.436 e. The molecule has 29 heavy (non-hydrogen) atoms. The van der Waals surface area contributed by atoms with Crippen LogP contribution >= 0.6 is 23.2 Å². The van der Waals surface area contributed by atoms with Gasteiger partial charge in [0, 0.05) is 39.7 Å². The molecule has 2 fully saturated rings. The van der Waals surface area contributed by atoms with Gasteiger partial charge >= 0.3 is 0 Å². The van der Waals surface area contributed by atoms with Gasteiger partial charge in [0.1, 0.15) is 5.52 Å². The van der Waals surface area contributed by atoms with E-state index in [0.717, 1.165) is 19.3 Å². The van der Waals surface area contributed by atoms with Crippen LogP contribution in [-0.2, 0) is 0 Å². The molecule has 1 aliphatic heterocycles. The summed E-state index contributed by atoms with van der Waals surface area (Å²) in [4.78, 5) is 19.2. The van der Waals surface area contributed by atoms with E-state index in [-0.39, 0.29) is 11.3 Å². The summed E-state index contributed by atoms with van der Waals surface area (Å²) in [6.07, 6.45) is 2.53. The van der Waals surface area contributed by atoms with Crippen LogP contribution in [0.15, 0.2) is 40.8 Å². The predicted octanol–water partition coefficient (Wildman–Crippen LogP) is 5.18. The van der Waals surface area contributed by atoms with E-state index in [1.165, 1.54) is 0 Å². The molecule has 1 amide bonds. The summed E-state index contributed by atoms with van der Waals surface area (Å²) in [5.41, 5.74) is 1.94. The molecule has 3 aromatic rings. The van der Waals surface area contributed by atoms with Crippen LogP contribution in [0, 0.1) is 5.41 Å². The predicted molar refractivity (Wildman–Crippen MR) is 112 cm³/mol. The summed E-state index contributed by atoms with van der Waals surface area (Å²) in [7, 11) is 0. The molecule has 0 bridgehead atoms. The van der Waals surface area contributed by atoms with Crippen LogP contribution in [0.5, 0.6) is 0 Å². The number of carbonyl (C=O) groups excluding carboxylic acids is 1. The van der Waals surface area contributed by atoms with Gasteiger partial charge in [0.25, 0.3) is 5.91 Å². The van der Waals surface area contributed by atoms with Crippen molar-refractivity contribution in [2.24, 2.45) is 5.41 Å². The lowest BCUT2D eigenvalue weighted by atomic mass is 9.77. The number of rotatable bonds is 2. The van der Waals surface area contributed by atoms with Gasteiger partial charge in [0.15, 0.2) is 5.58 Å². The first-order chi connectivity index (χ1) is 13.7. The van der Waals surface area contributed by atoms with Crippen molar-refractivity contribution in [1.29, 1.82) is 0 Å². The van der Waals surface area contributed by atoms with E-state index >= 15 is 0 Å². The van der Waals surface area contributed by atoms with Crippen molar-refractivity contribution in [2.75, 3.05) is 13.1 Å². The number of likely N-dealkylation sites (tertiary alicyclic amines) is 1. The van der Waals surface area contributed by atoms with Crippen LogP contribution in [0.1, 0.15) is 36.5 Å². The lowest BCUT2D eigenvalue weighted by Crippen LogP contribution is -2.57. The Morgan fingerprint density at radius 1 is 1.14 bits per heavy atom. The third-order valence-electron chi connectivity index (χ3n) is 6.03. The monoisotopic (exact) mass is 430 g/mol. The van der Waals surface area contributed by atoms with Gasteiger partial charge in [-0.05, 0) is 62.6 Å². The van der Waals surface area contributed by atoms with Gasteiger partial charge in [-0.3, -0.25) is 4.79 Å². The number of aromatic nitrogens is 1. The van der Waals surface area contributed by atoms with E-state index in [0.29, 0.717) is 51.3 Å². The number of fused-ring (bicyclic) bond motifs is 1. The average molecular weight is 431 g/mol. The molecule has 1 atom stereocenters.